The molecule has 0 bridgehead atoms. The number of hydrazine groups is 1. The highest BCUT2D eigenvalue weighted by Gasteiger charge is 2.33. The number of aromatic hydroxyl groups is 1. The number of benzene rings is 2. The Hall–Kier alpha value is -5.33. The molecular weight excluding hydrogens is 945 g/mol. The number of methoxy groups -OCH3 is 1. The van der Waals surface area contributed by atoms with Crippen LogP contribution in [0.5, 0.6) is 5.75 Å². The van der Waals surface area contributed by atoms with Gasteiger partial charge in [0.1, 0.15) is 23.3 Å². The highest BCUT2D eigenvalue weighted by atomic mass is 32.2. The second-order valence-corrected chi connectivity index (χ2v) is 22.3. The molecule has 4 aromatic rings. The Morgan fingerprint density at radius 2 is 1.78 bits per heavy atom. The van der Waals surface area contributed by atoms with E-state index in [2.05, 4.69) is 72.6 Å². The van der Waals surface area contributed by atoms with Crippen molar-refractivity contribution in [2.24, 2.45) is 17.3 Å². The molecule has 5 heterocycles. The molecule has 0 spiro atoms. The van der Waals surface area contributed by atoms with Gasteiger partial charge in [0.15, 0.2) is 0 Å². The predicted octanol–water partition coefficient (Wildman–Crippen LogP) is 7.75. The summed E-state index contributed by atoms with van der Waals surface area (Å²) < 4.78 is 15.3. The monoisotopic (exact) mass is 1030 g/mol. The van der Waals surface area contributed by atoms with Crippen LogP contribution < -0.4 is 16.1 Å². The van der Waals surface area contributed by atoms with Gasteiger partial charge in [-0.15, -0.1) is 0 Å². The van der Waals surface area contributed by atoms with Crippen LogP contribution in [0.2, 0.25) is 0 Å². The van der Waals surface area contributed by atoms with Crippen molar-refractivity contribution in [1.82, 2.24) is 39.8 Å². The van der Waals surface area contributed by atoms with Crippen LogP contribution in [0.25, 0.3) is 33.3 Å². The first-order valence-corrected chi connectivity index (χ1v) is 26.8. The fourth-order valence-corrected chi connectivity index (χ4v) is 10.6. The molecule has 7 rings (SSSR count). The summed E-state index contributed by atoms with van der Waals surface area (Å²) in [5, 5.41) is 19.9. The number of aryl methyl sites for hydroxylation is 1. The molecule has 2 aromatic heterocycles. The minimum atomic E-state index is -0.851. The third-order valence-corrected chi connectivity index (χ3v) is 15.0. The van der Waals surface area contributed by atoms with Gasteiger partial charge in [-0.25, -0.2) is 5.43 Å². The fraction of sp³-hybridized carbons (Fsp3) is 0.571. The Kier molecular flexibility index (Phi) is 22.3. The van der Waals surface area contributed by atoms with Crippen molar-refractivity contribution in [3.05, 3.63) is 71.5 Å². The van der Waals surface area contributed by atoms with Gasteiger partial charge in [0, 0.05) is 93.2 Å². The third kappa shape index (κ3) is 16.3. The van der Waals surface area contributed by atoms with Crippen molar-refractivity contribution in [2.75, 3.05) is 60.5 Å². The fourth-order valence-electron chi connectivity index (χ4n) is 9.72. The molecule has 17 heteroatoms. The molecule has 400 valence electrons. The average Bonchev–Trinajstić information content (AvgIpc) is 4.14. The number of phenolic OH excluding ortho intramolecular Hbond substituents is 1. The molecule has 2 aromatic carbocycles. The van der Waals surface area contributed by atoms with E-state index in [0.29, 0.717) is 39.1 Å². The zero-order valence-corrected chi connectivity index (χ0v) is 46.0. The van der Waals surface area contributed by atoms with E-state index >= 15 is 0 Å². The minimum absolute atomic E-state index is 0.0350. The molecule has 0 aliphatic carbocycles. The lowest BCUT2D eigenvalue weighted by atomic mass is 9.84. The van der Waals surface area contributed by atoms with Crippen LogP contribution in [0.3, 0.4) is 0 Å². The minimum Gasteiger partial charge on any atom is -0.508 e. The van der Waals surface area contributed by atoms with Crippen molar-refractivity contribution in [1.29, 1.82) is 0 Å². The van der Waals surface area contributed by atoms with Gasteiger partial charge in [-0.3, -0.25) is 33.5 Å². The summed E-state index contributed by atoms with van der Waals surface area (Å²) in [6.07, 6.45) is 8.69. The standard InChI is InChI=1S/C44H60N6O6S.C7H11NO2.C5H11N/c1-10-49-38-16-15-31(24-35(38)36(25-44(5,6)26-56-27-51)40(49)34-14-13-17-45-39(34)29(4)55-9)32-20-30(21-33(52)23-32)22-37(43(54)50-19-12-11-18-46-50)47-42(53)41(28(2)3)57-48(7)8;1-6(10)8-3-2-7(4-8)5-9;1-5-3-2-4-6-5/h13-17,20-21,23-24,27-29,37,41,46,52H,10-12,18-19,22,25-26H2,1-9H3,(H,47,53);5,7H,2-4H2,1H3;5-6H,2-4H2,1H3. The van der Waals surface area contributed by atoms with Gasteiger partial charge in [-0.2, -0.15) is 0 Å². The summed E-state index contributed by atoms with van der Waals surface area (Å²) >= 11 is 1.44. The van der Waals surface area contributed by atoms with Gasteiger partial charge in [-0.05, 0) is 145 Å². The molecule has 5 unspecified atom stereocenters. The Balaban J connectivity index is 0.000000521. The number of likely N-dealkylation sites (tertiary alicyclic amines) is 1. The van der Waals surface area contributed by atoms with E-state index in [0.717, 1.165) is 88.2 Å². The van der Waals surface area contributed by atoms with Gasteiger partial charge in [0.2, 0.25) is 11.8 Å². The number of carbonyl (C=O) groups is 5. The third-order valence-electron chi connectivity index (χ3n) is 13.6. The lowest BCUT2D eigenvalue weighted by Gasteiger charge is -2.32. The topological polar surface area (TPSA) is 188 Å². The predicted molar refractivity (Wildman–Crippen MR) is 290 cm³/mol. The number of pyridine rings is 1. The van der Waals surface area contributed by atoms with Crippen LogP contribution >= 0.6 is 11.9 Å². The molecule has 3 aliphatic heterocycles. The number of hydrogen-bond acceptors (Lipinski definition) is 13. The van der Waals surface area contributed by atoms with E-state index in [1.165, 1.54) is 38.3 Å². The second kappa shape index (κ2) is 27.8. The van der Waals surface area contributed by atoms with Gasteiger partial charge in [0.05, 0.1) is 24.1 Å². The zero-order valence-electron chi connectivity index (χ0n) is 45.2. The number of ether oxygens (including phenoxy) is 2. The maximum Gasteiger partial charge on any atom is 0.293 e. The maximum atomic E-state index is 14.0. The molecule has 4 N–H and O–H groups in total. The SMILES string of the molecule is CC(=O)N1CCC(C=O)C1.CC1CCCN1.CCn1c(-c2cccnc2C(C)OC)c(CC(C)(C)COC=O)c2cc(-c3cc(O)cc(CC(NC(=O)C(SN(C)C)C(C)C)C(=O)N4CCCCN4)c3)ccc21. The van der Waals surface area contributed by atoms with Gasteiger partial charge in [-0.1, -0.05) is 51.8 Å². The van der Waals surface area contributed by atoms with Gasteiger partial charge in [0.25, 0.3) is 12.4 Å². The molecule has 3 fully saturated rings. The lowest BCUT2D eigenvalue weighted by molar-refractivity contribution is -0.140. The van der Waals surface area contributed by atoms with E-state index < -0.39 is 11.5 Å². The van der Waals surface area contributed by atoms with E-state index in [-0.39, 0.29) is 59.7 Å². The Labute approximate surface area is 437 Å². The number of nitrogens with one attached hydrogen (secondary N) is 3. The summed E-state index contributed by atoms with van der Waals surface area (Å²) in [7, 11) is 5.49. The highest BCUT2D eigenvalue weighted by molar-refractivity contribution is 7.98. The number of phenols is 1. The Bertz CT molecular complexity index is 2470. The largest absolute Gasteiger partial charge is 0.508 e. The van der Waals surface area contributed by atoms with Crippen molar-refractivity contribution in [3.63, 3.8) is 0 Å². The van der Waals surface area contributed by atoms with Crippen molar-refractivity contribution < 1.29 is 38.6 Å². The summed E-state index contributed by atoms with van der Waals surface area (Å²) in [6, 6.07) is 15.7. The van der Waals surface area contributed by atoms with E-state index in [9.17, 15) is 29.1 Å². The maximum absolute atomic E-state index is 14.0. The highest BCUT2D eigenvalue weighted by Crippen LogP contribution is 2.42. The molecular formula is C56H82N8O8S. The number of rotatable bonds is 19. The first-order valence-electron chi connectivity index (χ1n) is 26.0. The van der Waals surface area contributed by atoms with E-state index in [1.807, 2.05) is 51.3 Å². The number of amides is 3. The smallest absolute Gasteiger partial charge is 0.293 e. The quantitative estimate of drug-likeness (QED) is 0.0528. The first-order chi connectivity index (χ1) is 34.8. The molecule has 3 amide bonds. The van der Waals surface area contributed by atoms with Gasteiger partial charge < -0.3 is 39.5 Å². The van der Waals surface area contributed by atoms with Crippen LogP contribution in [0, 0.1) is 17.3 Å². The molecule has 0 saturated carbocycles. The van der Waals surface area contributed by atoms with E-state index in [4.69, 9.17) is 14.5 Å². The lowest BCUT2D eigenvalue weighted by Crippen LogP contribution is -2.57. The number of aldehydes is 1. The Morgan fingerprint density at radius 3 is 2.34 bits per heavy atom. The molecule has 3 saturated heterocycles. The van der Waals surface area contributed by atoms with Gasteiger partial charge >= 0.3 is 0 Å². The van der Waals surface area contributed by atoms with Crippen molar-refractivity contribution in [3.8, 4) is 28.1 Å². The first kappa shape index (κ1) is 58.6. The molecule has 0 radical (unpaired) electrons. The second-order valence-electron chi connectivity index (χ2n) is 20.9. The van der Waals surface area contributed by atoms with Crippen molar-refractivity contribution >= 4 is 53.3 Å². The number of nitrogens with zero attached hydrogens (tertiary/aromatic N) is 5. The number of carbonyl (C=O) groups excluding carboxylic acids is 5. The molecule has 16 nitrogen and oxygen atoms in total. The molecule has 73 heavy (non-hydrogen) atoms. The van der Waals surface area contributed by atoms with Crippen LogP contribution in [0.15, 0.2) is 54.7 Å². The summed E-state index contributed by atoms with van der Waals surface area (Å²) in [5.41, 5.74) is 10.1. The average molecular weight is 1030 g/mol. The summed E-state index contributed by atoms with van der Waals surface area (Å²) in [5.74, 6) is -0.150. The molecule has 3 aliphatic rings. The van der Waals surface area contributed by atoms with Crippen LogP contribution in [0.1, 0.15) is 110 Å². The summed E-state index contributed by atoms with van der Waals surface area (Å²) in [6.45, 7) is 21.3. The van der Waals surface area contributed by atoms with Crippen LogP contribution in [-0.2, 0) is 52.8 Å². The van der Waals surface area contributed by atoms with Crippen LogP contribution in [0.4, 0.5) is 0 Å². The van der Waals surface area contributed by atoms with Crippen molar-refractivity contribution in [2.45, 2.75) is 130 Å². The number of hydrogen-bond donors (Lipinski definition) is 4. The molecule has 5 atom stereocenters. The van der Waals surface area contributed by atoms with E-state index in [1.54, 1.807) is 35.3 Å². The normalized spacial score (nSPS) is 18.1. The van der Waals surface area contributed by atoms with Crippen LogP contribution in [-0.4, -0.2) is 137 Å². The number of fused-ring (bicyclic) bond motifs is 1. The number of aromatic nitrogens is 2. The Morgan fingerprint density at radius 1 is 1.01 bits per heavy atom. The zero-order chi connectivity index (χ0) is 53.4. The summed E-state index contributed by atoms with van der Waals surface area (Å²) in [4.78, 5) is 66.5.